The van der Waals surface area contributed by atoms with Gasteiger partial charge in [0.05, 0.1) is 26.4 Å². The van der Waals surface area contributed by atoms with Gasteiger partial charge in [0.25, 0.3) is 0 Å². The summed E-state index contributed by atoms with van der Waals surface area (Å²) < 4.78 is 68.7. The molecule has 0 radical (unpaired) electrons. The molecule has 600 valence electrons. The molecule has 0 aliphatic rings. The maximum Gasteiger partial charge on any atom is 0.472 e. The third-order valence-corrected chi connectivity index (χ3v) is 21.5. The summed E-state index contributed by atoms with van der Waals surface area (Å²) in [6, 6.07) is 0. The Hall–Kier alpha value is -1.94. The second-order valence-electron chi connectivity index (χ2n) is 30.2. The highest BCUT2D eigenvalue weighted by Crippen LogP contribution is 2.45. The van der Waals surface area contributed by atoms with Crippen LogP contribution in [0.25, 0.3) is 0 Å². The molecule has 17 nitrogen and oxygen atoms in total. The number of hydrogen-bond acceptors (Lipinski definition) is 15. The number of hydrogen-bond donors (Lipinski definition) is 3. The molecular formula is C82H160O17P2. The van der Waals surface area contributed by atoms with E-state index in [1.54, 1.807) is 0 Å². The molecule has 0 aromatic rings. The first-order chi connectivity index (χ1) is 48.9. The average molecular weight is 1480 g/mol. The number of esters is 4. The van der Waals surface area contributed by atoms with E-state index in [0.29, 0.717) is 31.6 Å². The van der Waals surface area contributed by atoms with Crippen LogP contribution in [0, 0.1) is 11.8 Å². The lowest BCUT2D eigenvalue weighted by molar-refractivity contribution is -0.161. The predicted molar refractivity (Wildman–Crippen MR) is 414 cm³/mol. The molecule has 3 unspecified atom stereocenters. The zero-order chi connectivity index (χ0) is 74.2. The SMILES string of the molecule is CCCCCCCCCCCCCCCCCCCCCCCCC(=O)O[C@H](COC(=O)CCCCCCCCCCCCCCCCCC)COP(=O)(O)OC[C@@H](O)COP(=O)(O)OC[C@@H](COC(=O)CCCCCCCCC(C)C)OC(=O)CCCCCCCCCCCCC(C)CC. The summed E-state index contributed by atoms with van der Waals surface area (Å²) >= 11 is 0. The lowest BCUT2D eigenvalue weighted by atomic mass is 9.99. The summed E-state index contributed by atoms with van der Waals surface area (Å²) in [6.07, 6.45) is 64.1. The number of phosphoric ester groups is 2. The molecule has 0 spiro atoms. The number of carbonyl (C=O) groups is 4. The van der Waals surface area contributed by atoms with E-state index in [1.165, 1.54) is 244 Å². The van der Waals surface area contributed by atoms with Gasteiger partial charge in [0.15, 0.2) is 12.2 Å². The monoisotopic (exact) mass is 1480 g/mol. The smallest absolute Gasteiger partial charge is 0.462 e. The Morgan fingerprint density at radius 2 is 0.505 bits per heavy atom. The van der Waals surface area contributed by atoms with Crippen LogP contribution in [0.2, 0.25) is 0 Å². The summed E-state index contributed by atoms with van der Waals surface area (Å²) in [7, 11) is -9.92. The molecule has 0 heterocycles. The van der Waals surface area contributed by atoms with Crippen LogP contribution in [0.3, 0.4) is 0 Å². The van der Waals surface area contributed by atoms with Gasteiger partial charge in [0.2, 0.25) is 0 Å². The van der Waals surface area contributed by atoms with Crippen LogP contribution in [-0.4, -0.2) is 96.7 Å². The molecule has 3 N–H and O–H groups in total. The minimum absolute atomic E-state index is 0.105. The molecule has 0 bridgehead atoms. The molecule has 0 aromatic carbocycles. The van der Waals surface area contributed by atoms with Gasteiger partial charge < -0.3 is 33.8 Å². The van der Waals surface area contributed by atoms with E-state index in [-0.39, 0.29) is 25.7 Å². The van der Waals surface area contributed by atoms with Crippen molar-refractivity contribution in [3.05, 3.63) is 0 Å². The summed E-state index contributed by atoms with van der Waals surface area (Å²) in [5.74, 6) is -0.629. The topological polar surface area (TPSA) is 237 Å². The first kappa shape index (κ1) is 99.1. The van der Waals surface area contributed by atoms with E-state index < -0.39 is 97.5 Å². The van der Waals surface area contributed by atoms with Crippen LogP contribution in [0.5, 0.6) is 0 Å². The first-order valence-electron chi connectivity index (χ1n) is 42.5. The fourth-order valence-electron chi connectivity index (χ4n) is 12.7. The van der Waals surface area contributed by atoms with Gasteiger partial charge >= 0.3 is 39.5 Å². The summed E-state index contributed by atoms with van der Waals surface area (Å²) in [5, 5.41) is 10.6. The summed E-state index contributed by atoms with van der Waals surface area (Å²) in [6.45, 7) is 9.58. The van der Waals surface area contributed by atoms with Crippen molar-refractivity contribution < 1.29 is 80.2 Å². The zero-order valence-corrected chi connectivity index (χ0v) is 68.0. The van der Waals surface area contributed by atoms with Gasteiger partial charge in [0.1, 0.15) is 19.3 Å². The van der Waals surface area contributed by atoms with Crippen molar-refractivity contribution in [1.82, 2.24) is 0 Å². The van der Waals surface area contributed by atoms with E-state index in [2.05, 4.69) is 41.5 Å². The third-order valence-electron chi connectivity index (χ3n) is 19.6. The second kappa shape index (κ2) is 73.6. The summed E-state index contributed by atoms with van der Waals surface area (Å²) in [4.78, 5) is 73.0. The lowest BCUT2D eigenvalue weighted by Crippen LogP contribution is -2.30. The second-order valence-corrected chi connectivity index (χ2v) is 33.1. The number of carbonyl (C=O) groups excluding carboxylic acids is 4. The molecule has 101 heavy (non-hydrogen) atoms. The fraction of sp³-hybridized carbons (Fsp3) is 0.951. The van der Waals surface area contributed by atoms with E-state index in [0.717, 1.165) is 102 Å². The van der Waals surface area contributed by atoms with Gasteiger partial charge in [-0.3, -0.25) is 37.3 Å². The molecule has 0 fully saturated rings. The molecule has 0 aromatic heterocycles. The van der Waals surface area contributed by atoms with Crippen molar-refractivity contribution >= 4 is 39.5 Å². The lowest BCUT2D eigenvalue weighted by Gasteiger charge is -2.21. The molecule has 0 rings (SSSR count). The number of aliphatic hydroxyl groups excluding tert-OH is 1. The van der Waals surface area contributed by atoms with E-state index in [9.17, 15) is 43.2 Å². The maximum atomic E-state index is 13.1. The Morgan fingerprint density at radius 1 is 0.287 bits per heavy atom. The fourth-order valence-corrected chi connectivity index (χ4v) is 14.3. The number of phosphoric acid groups is 2. The first-order valence-corrected chi connectivity index (χ1v) is 45.5. The highest BCUT2D eigenvalue weighted by Gasteiger charge is 2.30. The number of unbranched alkanes of at least 4 members (excludes halogenated alkanes) is 50. The highest BCUT2D eigenvalue weighted by atomic mass is 31.2. The van der Waals surface area contributed by atoms with Gasteiger partial charge in [-0.05, 0) is 37.5 Å². The maximum absolute atomic E-state index is 13.1. The summed E-state index contributed by atoms with van der Waals surface area (Å²) in [5.41, 5.74) is 0. The van der Waals surface area contributed by atoms with Crippen LogP contribution in [0.1, 0.15) is 433 Å². The normalized spacial score (nSPS) is 14.2. The van der Waals surface area contributed by atoms with Gasteiger partial charge in [-0.15, -0.1) is 0 Å². The Kier molecular flexibility index (Phi) is 72.2. The molecule has 19 heteroatoms. The molecule has 0 aliphatic carbocycles. The standard InChI is InChI=1S/C82H160O17P2/c1-7-10-12-14-16-18-20-22-24-26-27-28-29-30-31-33-35-37-42-46-54-60-66-81(86)98-77(70-92-79(84)64-58-52-45-41-36-34-32-25-23-21-19-17-15-13-11-8-2)72-96-100(88,89)94-68-76(83)69-95-101(90,91)97-73-78(71-93-80(85)65-59-53-49-48-50-56-62-74(4)5)99-82(87)67-61-55-47-43-39-38-40-44-51-57-63-75(6)9-3/h74-78,83H,7-73H2,1-6H3,(H,88,89)(H,90,91)/t75?,76-,77-,78-/m1/s1. The van der Waals surface area contributed by atoms with E-state index >= 15 is 0 Å². The Labute approximate surface area is 619 Å². The quantitative estimate of drug-likeness (QED) is 0.0222. The minimum atomic E-state index is -4.96. The van der Waals surface area contributed by atoms with Crippen LogP contribution in [0.4, 0.5) is 0 Å². The van der Waals surface area contributed by atoms with Gasteiger partial charge in [-0.25, -0.2) is 9.13 Å². The van der Waals surface area contributed by atoms with Crippen LogP contribution >= 0.6 is 15.6 Å². The molecule has 6 atom stereocenters. The van der Waals surface area contributed by atoms with Crippen molar-refractivity contribution in [3.8, 4) is 0 Å². The van der Waals surface area contributed by atoms with Gasteiger partial charge in [-0.1, -0.05) is 382 Å². The predicted octanol–water partition coefficient (Wildman–Crippen LogP) is 24.7. The Morgan fingerprint density at radius 3 is 0.752 bits per heavy atom. The molecule has 0 amide bonds. The van der Waals surface area contributed by atoms with Crippen molar-refractivity contribution in [2.75, 3.05) is 39.6 Å². The van der Waals surface area contributed by atoms with E-state index in [4.69, 9.17) is 37.0 Å². The molecule has 0 aliphatic heterocycles. The largest absolute Gasteiger partial charge is 0.472 e. The number of aliphatic hydroxyl groups is 1. The molecule has 0 saturated heterocycles. The number of rotatable bonds is 81. The van der Waals surface area contributed by atoms with Crippen LogP contribution < -0.4 is 0 Å². The highest BCUT2D eigenvalue weighted by molar-refractivity contribution is 7.47. The van der Waals surface area contributed by atoms with E-state index in [1.807, 2.05) is 0 Å². The average Bonchev–Trinajstić information content (AvgIpc) is 1.11. The minimum Gasteiger partial charge on any atom is -0.462 e. The molecule has 0 saturated carbocycles. The Balaban J connectivity index is 5.20. The van der Waals surface area contributed by atoms with Crippen molar-refractivity contribution in [2.24, 2.45) is 11.8 Å². The van der Waals surface area contributed by atoms with Gasteiger partial charge in [-0.2, -0.15) is 0 Å². The van der Waals surface area contributed by atoms with Crippen molar-refractivity contribution in [1.29, 1.82) is 0 Å². The Bertz CT molecular complexity index is 1940. The molecular weight excluding hydrogens is 1320 g/mol. The van der Waals surface area contributed by atoms with Gasteiger partial charge in [0, 0.05) is 25.7 Å². The zero-order valence-electron chi connectivity index (χ0n) is 66.2. The third kappa shape index (κ3) is 74.7. The van der Waals surface area contributed by atoms with Crippen molar-refractivity contribution in [2.45, 2.75) is 452 Å². The van der Waals surface area contributed by atoms with Crippen LogP contribution in [0.15, 0.2) is 0 Å². The number of ether oxygens (including phenoxy) is 4. The van der Waals surface area contributed by atoms with Crippen LogP contribution in [-0.2, 0) is 65.4 Å². The van der Waals surface area contributed by atoms with Crippen molar-refractivity contribution in [3.63, 3.8) is 0 Å².